The minimum atomic E-state index is 0.266. The highest BCUT2D eigenvalue weighted by atomic mass is 14.9. The Bertz CT molecular complexity index is 1280. The first-order chi connectivity index (χ1) is 18.4. The molecule has 0 unspecified atom stereocenters. The van der Waals surface area contributed by atoms with Crippen LogP contribution < -0.4 is 0 Å². The summed E-state index contributed by atoms with van der Waals surface area (Å²) in [5.74, 6) is 1.58. The van der Waals surface area contributed by atoms with Crippen molar-refractivity contribution in [2.75, 3.05) is 0 Å². The zero-order chi connectivity index (χ0) is 27.3. The van der Waals surface area contributed by atoms with Crippen LogP contribution in [0.5, 0.6) is 0 Å². The lowest BCUT2D eigenvalue weighted by Crippen LogP contribution is -2.14. The van der Waals surface area contributed by atoms with Gasteiger partial charge in [0.05, 0.1) is 11.6 Å². The lowest BCUT2D eigenvalue weighted by atomic mass is 9.43. The Morgan fingerprint density at radius 1 is 0.947 bits per heavy atom. The van der Waals surface area contributed by atoms with E-state index in [4.69, 9.17) is 15.2 Å². The van der Waals surface area contributed by atoms with Gasteiger partial charge in [0.1, 0.15) is 0 Å². The molecular weight excluding hydrogens is 461 g/mol. The Balaban J connectivity index is 1.59. The number of hydrogen-bond acceptors (Lipinski definition) is 3. The van der Waals surface area contributed by atoms with Crippen LogP contribution in [-0.4, -0.2) is 16.7 Å². The molecule has 2 aromatic carbocycles. The molecule has 0 saturated carbocycles. The minimum absolute atomic E-state index is 0.266. The van der Waals surface area contributed by atoms with E-state index in [9.17, 15) is 0 Å². The fourth-order valence-electron chi connectivity index (χ4n) is 4.83. The van der Waals surface area contributed by atoms with E-state index in [0.29, 0.717) is 5.56 Å². The molecule has 3 nitrogen and oxygen atoms in total. The van der Waals surface area contributed by atoms with Crippen LogP contribution in [0.3, 0.4) is 0 Å². The summed E-state index contributed by atoms with van der Waals surface area (Å²) in [6.07, 6.45) is 16.3. The van der Waals surface area contributed by atoms with Gasteiger partial charge in [-0.05, 0) is 60.0 Å². The average Bonchev–Trinajstić information content (AvgIpc) is 2.95. The zero-order valence-electron chi connectivity index (χ0n) is 23.3. The van der Waals surface area contributed by atoms with Gasteiger partial charge in [-0.1, -0.05) is 106 Å². The number of benzene rings is 2. The monoisotopic (exact) mass is 501 g/mol. The molecule has 0 radical (unpaired) electrons. The molecule has 0 fully saturated rings. The first kappa shape index (κ1) is 28.9. The molecule has 0 aliphatic heterocycles. The number of allylic oxidation sites excluding steroid dienone is 4. The topological polar surface area (TPSA) is 49.6 Å². The second kappa shape index (κ2) is 14.9. The number of nitriles is 1. The van der Waals surface area contributed by atoms with Gasteiger partial charge >= 0.3 is 0 Å². The minimum Gasteiger partial charge on any atom is -0.236 e. The van der Waals surface area contributed by atoms with Crippen molar-refractivity contribution >= 4 is 12.3 Å². The number of aryl methyl sites for hydroxylation is 1. The van der Waals surface area contributed by atoms with E-state index in [-0.39, 0.29) is 6.71 Å². The second-order valence-electron chi connectivity index (χ2n) is 10.3. The third kappa shape index (κ3) is 8.70. The molecule has 0 atom stereocenters. The Morgan fingerprint density at radius 3 is 2.34 bits per heavy atom. The van der Waals surface area contributed by atoms with Crippen molar-refractivity contribution in [3.63, 3.8) is 0 Å². The molecule has 1 heterocycles. The Morgan fingerprint density at radius 2 is 1.66 bits per heavy atom. The van der Waals surface area contributed by atoms with Crippen molar-refractivity contribution in [2.45, 2.75) is 65.5 Å². The highest BCUT2D eigenvalue weighted by molar-refractivity contribution is 6.65. The molecule has 0 N–H and O–H groups in total. The summed E-state index contributed by atoms with van der Waals surface area (Å²) in [7, 11) is 0. The molecule has 38 heavy (non-hydrogen) atoms. The first-order valence-corrected chi connectivity index (χ1v) is 13.9. The fourth-order valence-corrected chi connectivity index (χ4v) is 4.83. The SMILES string of the molecule is C=C(/C=C\C(=C)c1cccc(C#N)c1)B(C)Cc1cccc(-c2ncc(CCC(CCC)CCC)cn2)c1. The largest absolute Gasteiger partial charge is 0.236 e. The predicted molar refractivity (Wildman–Crippen MR) is 163 cm³/mol. The molecule has 0 bridgehead atoms. The smallest absolute Gasteiger partial charge is 0.176 e. The fraction of sp³-hybridized carbons (Fsp3) is 0.324. The summed E-state index contributed by atoms with van der Waals surface area (Å²) in [5, 5.41) is 9.13. The molecule has 3 aromatic rings. The summed E-state index contributed by atoms with van der Waals surface area (Å²) >= 11 is 0. The van der Waals surface area contributed by atoms with Crippen molar-refractivity contribution < 1.29 is 0 Å². The second-order valence-corrected chi connectivity index (χ2v) is 10.3. The van der Waals surface area contributed by atoms with Gasteiger partial charge in [-0.15, -0.1) is 6.58 Å². The molecule has 1 aromatic heterocycles. The number of hydrogen-bond donors (Lipinski definition) is 0. The summed E-state index contributed by atoms with van der Waals surface area (Å²) in [5.41, 5.74) is 6.99. The van der Waals surface area contributed by atoms with Crippen LogP contribution in [0, 0.1) is 17.2 Å². The van der Waals surface area contributed by atoms with E-state index >= 15 is 0 Å². The molecular formula is C34H40BN3. The van der Waals surface area contributed by atoms with Crippen LogP contribution >= 0.6 is 0 Å². The summed E-state index contributed by atoms with van der Waals surface area (Å²) in [4.78, 5) is 9.39. The Labute approximate surface area is 230 Å². The van der Waals surface area contributed by atoms with Gasteiger partial charge in [0.2, 0.25) is 0 Å². The molecule has 0 spiro atoms. The molecule has 0 aliphatic carbocycles. The van der Waals surface area contributed by atoms with Gasteiger partial charge in [0, 0.05) is 18.0 Å². The van der Waals surface area contributed by atoms with Crippen molar-refractivity contribution in [1.29, 1.82) is 5.26 Å². The number of aromatic nitrogens is 2. The maximum Gasteiger partial charge on any atom is 0.176 e. The highest BCUT2D eigenvalue weighted by Gasteiger charge is 2.12. The van der Waals surface area contributed by atoms with Crippen molar-refractivity contribution in [2.24, 2.45) is 5.92 Å². The normalized spacial score (nSPS) is 11.0. The van der Waals surface area contributed by atoms with Crippen molar-refractivity contribution in [3.8, 4) is 17.5 Å². The van der Waals surface area contributed by atoms with Crippen LogP contribution in [0.4, 0.5) is 0 Å². The van der Waals surface area contributed by atoms with Crippen LogP contribution in [0.2, 0.25) is 6.82 Å². The Kier molecular flexibility index (Phi) is 11.3. The molecule has 0 aliphatic rings. The van der Waals surface area contributed by atoms with Gasteiger partial charge in [0.15, 0.2) is 12.5 Å². The molecule has 0 amide bonds. The summed E-state index contributed by atoms with van der Waals surface area (Å²) in [6, 6.07) is 18.2. The van der Waals surface area contributed by atoms with Crippen LogP contribution in [-0.2, 0) is 12.7 Å². The van der Waals surface area contributed by atoms with Gasteiger partial charge in [0.25, 0.3) is 0 Å². The van der Waals surface area contributed by atoms with E-state index in [0.717, 1.165) is 46.7 Å². The average molecular weight is 502 g/mol. The van der Waals surface area contributed by atoms with Gasteiger partial charge in [-0.3, -0.25) is 0 Å². The third-order valence-electron chi connectivity index (χ3n) is 7.16. The van der Waals surface area contributed by atoms with E-state index < -0.39 is 0 Å². The Hall–Kier alpha value is -3.71. The third-order valence-corrected chi connectivity index (χ3v) is 7.16. The van der Waals surface area contributed by atoms with Crippen molar-refractivity contribution in [3.05, 3.63) is 114 Å². The van der Waals surface area contributed by atoms with Crippen LogP contribution in [0.1, 0.15) is 68.2 Å². The van der Waals surface area contributed by atoms with Crippen molar-refractivity contribution in [1.82, 2.24) is 9.97 Å². The lowest BCUT2D eigenvalue weighted by Gasteiger charge is -2.14. The first-order valence-electron chi connectivity index (χ1n) is 13.9. The molecule has 3 rings (SSSR count). The molecule has 0 saturated heterocycles. The van der Waals surface area contributed by atoms with Crippen LogP contribution in [0.15, 0.2) is 91.7 Å². The quantitative estimate of drug-likeness (QED) is 0.164. The summed E-state index contributed by atoms with van der Waals surface area (Å²) < 4.78 is 0. The number of nitrogens with zero attached hydrogens (tertiary/aromatic N) is 3. The van der Waals surface area contributed by atoms with Gasteiger partial charge < -0.3 is 0 Å². The predicted octanol–water partition coefficient (Wildman–Crippen LogP) is 8.74. The standard InChI is InChI=1S/C34H40BN3/c1-6-10-28(11-7-2)18-19-31-24-37-34(38-25-31)33-15-8-12-29(20-33)22-35(5)27(4)17-16-26(3)32-14-9-13-30(21-32)23-36/h8-9,12-17,20-21,24-25,28H,3-4,6-7,10-11,18-19,22H2,1-2,5H3/b17-16-. The van der Waals surface area contributed by atoms with E-state index in [2.05, 4.69) is 64.2 Å². The summed E-state index contributed by atoms with van der Waals surface area (Å²) in [6.45, 7) is 15.4. The van der Waals surface area contributed by atoms with Gasteiger partial charge in [-0.25, -0.2) is 9.97 Å². The maximum absolute atomic E-state index is 9.13. The maximum atomic E-state index is 9.13. The highest BCUT2D eigenvalue weighted by Crippen LogP contribution is 2.22. The number of rotatable bonds is 14. The van der Waals surface area contributed by atoms with E-state index in [1.165, 1.54) is 43.2 Å². The zero-order valence-corrected chi connectivity index (χ0v) is 23.3. The van der Waals surface area contributed by atoms with Crippen LogP contribution in [0.25, 0.3) is 17.0 Å². The molecule has 4 heteroatoms. The molecule has 194 valence electrons. The van der Waals surface area contributed by atoms with E-state index in [1.807, 2.05) is 42.7 Å². The van der Waals surface area contributed by atoms with Gasteiger partial charge in [-0.2, -0.15) is 5.26 Å². The van der Waals surface area contributed by atoms with E-state index in [1.54, 1.807) is 6.07 Å². The lowest BCUT2D eigenvalue weighted by molar-refractivity contribution is 0.411.